The minimum atomic E-state index is -1.13. The number of benzene rings is 2. The lowest BCUT2D eigenvalue weighted by Crippen LogP contribution is -2.45. The Labute approximate surface area is 243 Å². The number of halogens is 3. The number of imide groups is 1. The third kappa shape index (κ3) is 4.77. The van der Waals surface area contributed by atoms with Gasteiger partial charge >= 0.3 is 11.9 Å². The van der Waals surface area contributed by atoms with E-state index in [1.165, 1.54) is 31.2 Å². The molecule has 1 saturated heterocycles. The Morgan fingerprint density at radius 2 is 1.42 bits per heavy atom. The predicted octanol–water partition coefficient (Wildman–Crippen LogP) is 4.56. The van der Waals surface area contributed by atoms with Crippen LogP contribution in [0.1, 0.15) is 34.1 Å². The molecular formula is C27H22Br3NO7. The SMILES string of the molecule is CC(C(=O)OCC(=O)c1ccc(OC(=O)c2ccc(Br)cc2)cc1)N1C(=O)C2C3CC(C(Br)C3Br)C2C1=O. The second-order valence-corrected chi connectivity index (χ2v) is 12.7. The first-order chi connectivity index (χ1) is 18.1. The number of ketones is 1. The normalized spacial score (nSPS) is 28.3. The predicted molar refractivity (Wildman–Crippen MR) is 146 cm³/mol. The van der Waals surface area contributed by atoms with Crippen molar-refractivity contribution < 1.29 is 33.4 Å². The molecule has 7 unspecified atom stereocenters. The van der Waals surface area contributed by atoms with Crippen LogP contribution in [-0.2, 0) is 19.1 Å². The summed E-state index contributed by atoms with van der Waals surface area (Å²) in [6.07, 6.45) is 0.794. The van der Waals surface area contributed by atoms with E-state index in [1.54, 1.807) is 24.3 Å². The van der Waals surface area contributed by atoms with E-state index in [1.807, 2.05) is 0 Å². The third-order valence-corrected chi connectivity index (χ3v) is 11.3. The summed E-state index contributed by atoms with van der Waals surface area (Å²) in [7, 11) is 0. The van der Waals surface area contributed by atoms with Gasteiger partial charge in [0.05, 0.1) is 17.4 Å². The highest BCUT2D eigenvalue weighted by molar-refractivity contribution is 9.12. The number of hydrogen-bond acceptors (Lipinski definition) is 7. The fourth-order valence-corrected chi connectivity index (χ4v) is 7.80. The number of likely N-dealkylation sites (tertiary alicyclic amines) is 1. The molecule has 38 heavy (non-hydrogen) atoms. The number of fused-ring (bicyclic) bond motifs is 5. The van der Waals surface area contributed by atoms with E-state index in [9.17, 15) is 24.0 Å². The topological polar surface area (TPSA) is 107 Å². The Kier molecular flexibility index (Phi) is 7.63. The summed E-state index contributed by atoms with van der Waals surface area (Å²) in [6.45, 7) is 0.889. The molecule has 198 valence electrons. The van der Waals surface area contributed by atoms with E-state index in [0.717, 1.165) is 15.8 Å². The van der Waals surface area contributed by atoms with Gasteiger partial charge in [-0.05, 0) is 73.7 Å². The Hall–Kier alpha value is -2.37. The monoisotopic (exact) mass is 709 g/mol. The molecule has 2 aromatic carbocycles. The highest BCUT2D eigenvalue weighted by Gasteiger charge is 2.67. The van der Waals surface area contributed by atoms with Gasteiger partial charge < -0.3 is 9.47 Å². The van der Waals surface area contributed by atoms with Gasteiger partial charge in [0.1, 0.15) is 11.8 Å². The van der Waals surface area contributed by atoms with Crippen LogP contribution in [-0.4, -0.2) is 56.7 Å². The quantitative estimate of drug-likeness (QED) is 0.136. The number of hydrogen-bond donors (Lipinski definition) is 0. The van der Waals surface area contributed by atoms with Gasteiger partial charge in [0.25, 0.3) is 0 Å². The summed E-state index contributed by atoms with van der Waals surface area (Å²) in [5, 5.41) is 0. The van der Waals surface area contributed by atoms with Crippen molar-refractivity contribution in [1.82, 2.24) is 4.90 Å². The van der Waals surface area contributed by atoms with Gasteiger partial charge in [-0.3, -0.25) is 19.3 Å². The molecule has 11 heteroatoms. The van der Waals surface area contributed by atoms with Gasteiger partial charge in [-0.25, -0.2) is 9.59 Å². The molecule has 0 aromatic heterocycles. The Bertz CT molecular complexity index is 1280. The molecule has 3 fully saturated rings. The second-order valence-electron chi connectivity index (χ2n) is 9.68. The maximum Gasteiger partial charge on any atom is 0.343 e. The molecule has 2 aliphatic carbocycles. The summed E-state index contributed by atoms with van der Waals surface area (Å²) < 4.78 is 11.3. The molecule has 3 aliphatic rings. The zero-order valence-corrected chi connectivity index (χ0v) is 24.8. The van der Waals surface area contributed by atoms with Gasteiger partial charge in [0.2, 0.25) is 11.8 Å². The maximum atomic E-state index is 13.1. The van der Waals surface area contributed by atoms with E-state index in [4.69, 9.17) is 9.47 Å². The number of esters is 2. The van der Waals surface area contributed by atoms with Crippen LogP contribution >= 0.6 is 47.8 Å². The van der Waals surface area contributed by atoms with Crippen LogP contribution < -0.4 is 4.74 Å². The lowest BCUT2D eigenvalue weighted by Gasteiger charge is -2.28. The van der Waals surface area contributed by atoms with E-state index in [-0.39, 0.29) is 44.6 Å². The smallest absolute Gasteiger partial charge is 0.343 e. The molecule has 2 bridgehead atoms. The van der Waals surface area contributed by atoms with Crippen LogP contribution in [0.2, 0.25) is 0 Å². The Morgan fingerprint density at radius 1 is 0.895 bits per heavy atom. The second kappa shape index (κ2) is 10.7. The molecule has 1 heterocycles. The molecule has 0 radical (unpaired) electrons. The molecule has 2 saturated carbocycles. The van der Waals surface area contributed by atoms with E-state index >= 15 is 0 Å². The maximum absolute atomic E-state index is 13.1. The van der Waals surface area contributed by atoms with Crippen LogP contribution in [0.5, 0.6) is 5.75 Å². The van der Waals surface area contributed by atoms with Crippen molar-refractivity contribution in [2.75, 3.05) is 6.61 Å². The van der Waals surface area contributed by atoms with Crippen molar-refractivity contribution in [2.45, 2.75) is 29.0 Å². The first-order valence-corrected chi connectivity index (χ1v) is 14.6. The van der Waals surface area contributed by atoms with Crippen molar-refractivity contribution >= 4 is 77.3 Å². The number of carbonyl (C=O) groups is 5. The van der Waals surface area contributed by atoms with Crippen LogP contribution in [0, 0.1) is 23.7 Å². The molecule has 5 rings (SSSR count). The third-order valence-electron chi connectivity index (χ3n) is 7.56. The van der Waals surface area contributed by atoms with Crippen LogP contribution in [0.25, 0.3) is 0 Å². The minimum absolute atomic E-state index is 0.0396. The largest absolute Gasteiger partial charge is 0.456 e. The van der Waals surface area contributed by atoms with E-state index in [2.05, 4.69) is 47.8 Å². The van der Waals surface area contributed by atoms with E-state index < -0.39 is 42.2 Å². The average Bonchev–Trinajstić information content (AvgIpc) is 3.52. The Morgan fingerprint density at radius 3 is 1.97 bits per heavy atom. The van der Waals surface area contributed by atoms with Gasteiger partial charge in [-0.15, -0.1) is 0 Å². The van der Waals surface area contributed by atoms with Crippen molar-refractivity contribution in [1.29, 1.82) is 0 Å². The highest BCUT2D eigenvalue weighted by Crippen LogP contribution is 2.60. The van der Waals surface area contributed by atoms with Crippen molar-refractivity contribution in [3.05, 3.63) is 64.1 Å². The lowest BCUT2D eigenvalue weighted by molar-refractivity contribution is -0.157. The first-order valence-electron chi connectivity index (χ1n) is 12.0. The molecule has 7 atom stereocenters. The van der Waals surface area contributed by atoms with Crippen molar-refractivity contribution in [3.8, 4) is 5.75 Å². The minimum Gasteiger partial charge on any atom is -0.456 e. The van der Waals surface area contributed by atoms with E-state index in [0.29, 0.717) is 5.56 Å². The molecule has 2 aromatic rings. The highest BCUT2D eigenvalue weighted by atomic mass is 79.9. The zero-order chi connectivity index (χ0) is 27.3. The number of ether oxygens (including phenoxy) is 2. The van der Waals surface area contributed by atoms with Gasteiger partial charge in [-0.2, -0.15) is 0 Å². The summed E-state index contributed by atoms with van der Waals surface area (Å²) in [5.74, 6) is -3.06. The zero-order valence-electron chi connectivity index (χ0n) is 20.0. The Balaban J connectivity index is 1.16. The lowest BCUT2D eigenvalue weighted by atomic mass is 9.81. The fourth-order valence-electron chi connectivity index (χ4n) is 5.66. The standard InChI is InChI=1S/C27H22Br3NO7/c1-12(31-24(33)20-17-10-18(21(20)25(31)34)23(30)22(17)29)26(35)37-11-19(32)13-4-8-16(9-5-13)38-27(36)14-2-6-15(28)7-3-14/h2-9,12,17-18,20-23H,10-11H2,1H3. The van der Waals surface area contributed by atoms with Gasteiger partial charge in [0, 0.05) is 19.7 Å². The number of nitrogens with zero attached hydrogens (tertiary/aromatic N) is 1. The van der Waals surface area contributed by atoms with Crippen LogP contribution in [0.15, 0.2) is 53.0 Å². The molecule has 2 amide bonds. The summed E-state index contributed by atoms with van der Waals surface area (Å²) in [4.78, 5) is 65.0. The average molecular weight is 712 g/mol. The fraction of sp³-hybridized carbons (Fsp3) is 0.370. The first kappa shape index (κ1) is 27.2. The summed E-state index contributed by atoms with van der Waals surface area (Å²) in [6, 6.07) is 11.4. The molecule has 0 spiro atoms. The molecular weight excluding hydrogens is 690 g/mol. The number of rotatable bonds is 7. The van der Waals surface area contributed by atoms with Crippen molar-refractivity contribution in [2.24, 2.45) is 23.7 Å². The molecule has 8 nitrogen and oxygen atoms in total. The number of alkyl halides is 2. The van der Waals surface area contributed by atoms with Crippen LogP contribution in [0.4, 0.5) is 0 Å². The number of Topliss-reactive ketones (excluding diaryl/α,β-unsaturated/α-hetero) is 1. The van der Waals surface area contributed by atoms with Gasteiger partial charge in [-0.1, -0.05) is 47.8 Å². The summed E-state index contributed by atoms with van der Waals surface area (Å²) in [5.41, 5.74) is 0.625. The number of amides is 2. The molecule has 0 N–H and O–H groups in total. The van der Waals surface area contributed by atoms with Crippen LogP contribution in [0.3, 0.4) is 0 Å². The molecule has 1 aliphatic heterocycles. The summed E-state index contributed by atoms with van der Waals surface area (Å²) >= 11 is 10.6. The number of carbonyl (C=O) groups excluding carboxylic acids is 5. The van der Waals surface area contributed by atoms with Crippen molar-refractivity contribution in [3.63, 3.8) is 0 Å². The van der Waals surface area contributed by atoms with Gasteiger partial charge in [0.15, 0.2) is 12.4 Å².